The number of carboxylic acid groups (broad SMARTS) is 1. The smallest absolute Gasteiger partial charge is 0.337 e. The second-order valence-electron chi connectivity index (χ2n) is 4.39. The van der Waals surface area contributed by atoms with Gasteiger partial charge < -0.3 is 10.4 Å². The van der Waals surface area contributed by atoms with Crippen molar-refractivity contribution in [2.75, 3.05) is 11.6 Å². The molecule has 0 saturated carbocycles. The molecule has 0 unspecified atom stereocenters. The highest BCUT2D eigenvalue weighted by Gasteiger charge is 2.18. The van der Waals surface area contributed by atoms with E-state index in [-0.39, 0.29) is 11.3 Å². The largest absolute Gasteiger partial charge is 0.478 e. The Kier molecular flexibility index (Phi) is 4.47. The molecule has 0 spiro atoms. The fraction of sp³-hybridized carbons (Fsp3) is 0.133. The number of rotatable bonds is 4. The van der Waals surface area contributed by atoms with Crippen LogP contribution in [0.3, 0.4) is 0 Å². The van der Waals surface area contributed by atoms with Gasteiger partial charge in [0.2, 0.25) is 0 Å². The number of aromatic carboxylic acids is 1. The topological polar surface area (TPSA) is 49.3 Å². The fourth-order valence-corrected chi connectivity index (χ4v) is 2.39. The van der Waals surface area contributed by atoms with Crippen LogP contribution in [0, 0.1) is 18.6 Å². The van der Waals surface area contributed by atoms with Gasteiger partial charge in [-0.05, 0) is 49.1 Å². The first kappa shape index (κ1) is 15.3. The van der Waals surface area contributed by atoms with Crippen molar-refractivity contribution in [1.82, 2.24) is 0 Å². The molecule has 2 aromatic rings. The number of aryl methyl sites for hydroxylation is 1. The average Bonchev–Trinajstić information content (AvgIpc) is 2.45. The number of hydrogen-bond acceptors (Lipinski definition) is 3. The van der Waals surface area contributed by atoms with E-state index in [9.17, 15) is 13.6 Å². The zero-order valence-corrected chi connectivity index (χ0v) is 12.2. The number of nitrogens with one attached hydrogen (secondary N) is 1. The Balaban J connectivity index is 2.48. The summed E-state index contributed by atoms with van der Waals surface area (Å²) in [5.41, 5.74) is 0.645. The third-order valence-electron chi connectivity index (χ3n) is 3.02. The number of hydrogen-bond donors (Lipinski definition) is 2. The molecule has 3 nitrogen and oxygen atoms in total. The second kappa shape index (κ2) is 6.13. The maximum Gasteiger partial charge on any atom is 0.337 e. The van der Waals surface area contributed by atoms with Crippen LogP contribution in [0.15, 0.2) is 35.2 Å². The summed E-state index contributed by atoms with van der Waals surface area (Å²) >= 11 is 1.56. The summed E-state index contributed by atoms with van der Waals surface area (Å²) in [4.78, 5) is 12.2. The van der Waals surface area contributed by atoms with Gasteiger partial charge in [0.05, 0.1) is 11.3 Å². The van der Waals surface area contributed by atoms with E-state index in [1.165, 1.54) is 0 Å². The SMILES string of the molecule is CSc1ccc(Nc2c(C(=O)O)ccc(F)c2F)c(C)c1. The van der Waals surface area contributed by atoms with E-state index >= 15 is 0 Å². The number of carboxylic acids is 1. The summed E-state index contributed by atoms with van der Waals surface area (Å²) < 4.78 is 27.2. The number of halogens is 2. The Morgan fingerprint density at radius 1 is 1.24 bits per heavy atom. The molecule has 0 radical (unpaired) electrons. The van der Waals surface area contributed by atoms with Crippen molar-refractivity contribution in [3.05, 3.63) is 53.1 Å². The summed E-state index contributed by atoms with van der Waals surface area (Å²) in [6.07, 6.45) is 1.93. The lowest BCUT2D eigenvalue weighted by atomic mass is 10.1. The molecule has 21 heavy (non-hydrogen) atoms. The number of carbonyl (C=O) groups is 1. The van der Waals surface area contributed by atoms with E-state index in [4.69, 9.17) is 5.11 Å². The molecule has 0 saturated heterocycles. The molecule has 2 N–H and O–H groups in total. The van der Waals surface area contributed by atoms with Crippen LogP contribution in [-0.2, 0) is 0 Å². The highest BCUT2D eigenvalue weighted by Crippen LogP contribution is 2.29. The Labute approximate surface area is 125 Å². The van der Waals surface area contributed by atoms with Crippen LogP contribution in [0.5, 0.6) is 0 Å². The summed E-state index contributed by atoms with van der Waals surface area (Å²) in [6.45, 7) is 1.81. The third kappa shape index (κ3) is 3.16. The lowest BCUT2D eigenvalue weighted by Gasteiger charge is -2.14. The first-order chi connectivity index (χ1) is 9.93. The molecule has 0 aliphatic heterocycles. The van der Waals surface area contributed by atoms with Gasteiger partial charge in [-0.15, -0.1) is 11.8 Å². The van der Waals surface area contributed by atoms with Crippen LogP contribution < -0.4 is 5.32 Å². The van der Waals surface area contributed by atoms with Gasteiger partial charge in [-0.3, -0.25) is 0 Å². The predicted molar refractivity (Wildman–Crippen MR) is 79.6 cm³/mol. The van der Waals surface area contributed by atoms with Gasteiger partial charge in [0, 0.05) is 10.6 Å². The van der Waals surface area contributed by atoms with Crippen molar-refractivity contribution < 1.29 is 18.7 Å². The highest BCUT2D eigenvalue weighted by molar-refractivity contribution is 7.98. The average molecular weight is 309 g/mol. The summed E-state index contributed by atoms with van der Waals surface area (Å²) in [5.74, 6) is -3.63. The van der Waals surface area contributed by atoms with E-state index in [1.807, 2.05) is 18.4 Å². The van der Waals surface area contributed by atoms with Crippen molar-refractivity contribution in [2.45, 2.75) is 11.8 Å². The van der Waals surface area contributed by atoms with E-state index in [0.717, 1.165) is 22.6 Å². The molecule has 0 amide bonds. The maximum atomic E-state index is 13.9. The monoisotopic (exact) mass is 309 g/mol. The Bertz CT molecular complexity index is 704. The van der Waals surface area contributed by atoms with Crippen molar-refractivity contribution >= 4 is 29.1 Å². The lowest BCUT2D eigenvalue weighted by molar-refractivity contribution is 0.0697. The van der Waals surface area contributed by atoms with Crippen molar-refractivity contribution in [3.8, 4) is 0 Å². The molecule has 0 aliphatic rings. The van der Waals surface area contributed by atoms with Crippen LogP contribution in [0.4, 0.5) is 20.2 Å². The van der Waals surface area contributed by atoms with E-state index in [1.54, 1.807) is 24.8 Å². The van der Waals surface area contributed by atoms with E-state index in [0.29, 0.717) is 5.69 Å². The zero-order chi connectivity index (χ0) is 15.6. The normalized spacial score (nSPS) is 10.5. The molecule has 0 aliphatic carbocycles. The molecule has 0 atom stereocenters. The molecule has 0 heterocycles. The van der Waals surface area contributed by atoms with E-state index in [2.05, 4.69) is 5.32 Å². The lowest BCUT2D eigenvalue weighted by Crippen LogP contribution is -2.07. The predicted octanol–water partition coefficient (Wildman–Crippen LogP) is 4.44. The third-order valence-corrected chi connectivity index (χ3v) is 3.74. The first-order valence-electron chi connectivity index (χ1n) is 6.07. The fourth-order valence-electron chi connectivity index (χ4n) is 1.89. The Morgan fingerprint density at radius 2 is 1.95 bits per heavy atom. The highest BCUT2D eigenvalue weighted by atomic mass is 32.2. The Hall–Kier alpha value is -2.08. The molecule has 110 valence electrons. The minimum atomic E-state index is -1.32. The summed E-state index contributed by atoms with van der Waals surface area (Å²) in [5, 5.41) is 11.8. The number of benzene rings is 2. The van der Waals surface area contributed by atoms with Gasteiger partial charge in [-0.1, -0.05) is 0 Å². The molecule has 6 heteroatoms. The van der Waals surface area contributed by atoms with Crippen LogP contribution in [0.2, 0.25) is 0 Å². The van der Waals surface area contributed by atoms with Crippen LogP contribution in [0.25, 0.3) is 0 Å². The van der Waals surface area contributed by atoms with Crippen LogP contribution in [0.1, 0.15) is 15.9 Å². The standard InChI is InChI=1S/C15H13F2NO2S/c1-8-7-9(21-2)3-6-12(8)18-14-10(15(19)20)4-5-11(16)13(14)17/h3-7,18H,1-2H3,(H,19,20). The Morgan fingerprint density at radius 3 is 2.52 bits per heavy atom. The molecule has 0 fully saturated rings. The van der Waals surface area contributed by atoms with Crippen molar-refractivity contribution in [1.29, 1.82) is 0 Å². The molecular weight excluding hydrogens is 296 g/mol. The van der Waals surface area contributed by atoms with Gasteiger partial charge in [-0.2, -0.15) is 0 Å². The summed E-state index contributed by atoms with van der Waals surface area (Å²) in [7, 11) is 0. The van der Waals surface area contributed by atoms with Gasteiger partial charge >= 0.3 is 5.97 Å². The summed E-state index contributed by atoms with van der Waals surface area (Å²) in [6, 6.07) is 7.24. The minimum absolute atomic E-state index is 0.317. The number of anilines is 2. The molecule has 2 aromatic carbocycles. The molecule has 0 bridgehead atoms. The molecule has 0 aromatic heterocycles. The molecular formula is C15H13F2NO2S. The van der Waals surface area contributed by atoms with Crippen LogP contribution >= 0.6 is 11.8 Å². The van der Waals surface area contributed by atoms with Crippen molar-refractivity contribution in [2.24, 2.45) is 0 Å². The van der Waals surface area contributed by atoms with Gasteiger partial charge in [0.15, 0.2) is 11.6 Å². The zero-order valence-electron chi connectivity index (χ0n) is 11.4. The van der Waals surface area contributed by atoms with Gasteiger partial charge in [0.25, 0.3) is 0 Å². The molecule has 2 rings (SSSR count). The first-order valence-corrected chi connectivity index (χ1v) is 7.29. The maximum absolute atomic E-state index is 13.9. The van der Waals surface area contributed by atoms with Gasteiger partial charge in [-0.25, -0.2) is 13.6 Å². The quantitative estimate of drug-likeness (QED) is 0.820. The van der Waals surface area contributed by atoms with E-state index < -0.39 is 17.6 Å². The van der Waals surface area contributed by atoms with Gasteiger partial charge in [0.1, 0.15) is 0 Å². The minimum Gasteiger partial charge on any atom is -0.478 e. The van der Waals surface area contributed by atoms with Crippen molar-refractivity contribution in [3.63, 3.8) is 0 Å². The number of thioether (sulfide) groups is 1. The van der Waals surface area contributed by atoms with Crippen LogP contribution in [-0.4, -0.2) is 17.3 Å². The second-order valence-corrected chi connectivity index (χ2v) is 5.27.